The monoisotopic (exact) mass is 392 g/mol. The van der Waals surface area contributed by atoms with Gasteiger partial charge in [0.1, 0.15) is 5.65 Å². The van der Waals surface area contributed by atoms with E-state index < -0.39 is 11.2 Å². The summed E-state index contributed by atoms with van der Waals surface area (Å²) in [5.74, 6) is 0.139. The Morgan fingerprint density at radius 2 is 2.00 bits per heavy atom. The molecule has 0 radical (unpaired) electrons. The Balaban J connectivity index is 1.98. The summed E-state index contributed by atoms with van der Waals surface area (Å²) >= 11 is 1.28. The molecule has 0 spiro atoms. The van der Waals surface area contributed by atoms with Gasteiger partial charge in [-0.1, -0.05) is 12.8 Å². The number of rotatable bonds is 6. The van der Waals surface area contributed by atoms with E-state index in [1.165, 1.54) is 23.4 Å². The quantitative estimate of drug-likeness (QED) is 0.735. The van der Waals surface area contributed by atoms with Crippen molar-refractivity contribution in [1.29, 1.82) is 0 Å². The van der Waals surface area contributed by atoms with Crippen molar-refractivity contribution in [1.82, 2.24) is 19.4 Å². The van der Waals surface area contributed by atoms with E-state index in [0.717, 1.165) is 35.8 Å². The highest BCUT2D eigenvalue weighted by Crippen LogP contribution is 2.28. The van der Waals surface area contributed by atoms with E-state index in [-0.39, 0.29) is 24.3 Å². The molecule has 0 saturated heterocycles. The van der Waals surface area contributed by atoms with E-state index in [1.807, 2.05) is 0 Å². The van der Waals surface area contributed by atoms with Gasteiger partial charge in [0.15, 0.2) is 0 Å². The molecule has 1 N–H and O–H groups in total. The maximum atomic E-state index is 12.8. The smallest absolute Gasteiger partial charge is 0.332 e. The third-order valence-electron chi connectivity index (χ3n) is 4.86. The van der Waals surface area contributed by atoms with Gasteiger partial charge in [0.25, 0.3) is 5.56 Å². The maximum Gasteiger partial charge on any atom is 0.332 e. The minimum Gasteiger partial charge on any atom is -0.380 e. The molecule has 1 saturated carbocycles. The maximum absolute atomic E-state index is 12.8. The van der Waals surface area contributed by atoms with Crippen LogP contribution in [0.5, 0.6) is 0 Å². The van der Waals surface area contributed by atoms with E-state index in [1.54, 1.807) is 20.4 Å². The van der Waals surface area contributed by atoms with Crippen molar-refractivity contribution in [3.63, 3.8) is 0 Å². The van der Waals surface area contributed by atoms with Crippen LogP contribution in [0.25, 0.3) is 11.0 Å². The summed E-state index contributed by atoms with van der Waals surface area (Å²) in [5.41, 5.74) is 0.174. The fraction of sp³-hybridized carbons (Fsp3) is 0.556. The van der Waals surface area contributed by atoms with Gasteiger partial charge in [-0.25, -0.2) is 9.78 Å². The van der Waals surface area contributed by atoms with Crippen molar-refractivity contribution in [2.45, 2.75) is 43.2 Å². The van der Waals surface area contributed by atoms with Crippen molar-refractivity contribution in [3.05, 3.63) is 32.6 Å². The topological polar surface area (TPSA) is 95.2 Å². The van der Waals surface area contributed by atoms with Crippen LogP contribution in [0.4, 0.5) is 0 Å². The zero-order chi connectivity index (χ0) is 19.6. The van der Waals surface area contributed by atoms with Gasteiger partial charge in [-0.05, 0) is 12.8 Å². The van der Waals surface area contributed by atoms with Crippen LogP contribution in [0.1, 0.15) is 31.2 Å². The molecule has 0 atom stereocenters. The van der Waals surface area contributed by atoms with Crippen molar-refractivity contribution in [2.75, 3.05) is 12.9 Å². The normalized spacial score (nSPS) is 14.8. The summed E-state index contributed by atoms with van der Waals surface area (Å²) in [6.45, 7) is 0.265. The molecule has 2 aromatic heterocycles. The van der Waals surface area contributed by atoms with Crippen LogP contribution in [0.15, 0.2) is 20.7 Å². The SMILES string of the molecule is COCc1cnc2c(c1SCC(=O)NC1CCCC1)c(=O)n(C)c(=O)n2C. The van der Waals surface area contributed by atoms with Crippen LogP contribution in [0.2, 0.25) is 0 Å². The fourth-order valence-electron chi connectivity index (χ4n) is 3.44. The molecular weight excluding hydrogens is 368 g/mol. The van der Waals surface area contributed by atoms with E-state index >= 15 is 0 Å². The van der Waals surface area contributed by atoms with E-state index in [2.05, 4.69) is 10.3 Å². The number of thioether (sulfide) groups is 1. The Hall–Kier alpha value is -2.13. The minimum absolute atomic E-state index is 0.0538. The first-order chi connectivity index (χ1) is 12.9. The molecule has 1 aliphatic carbocycles. The Labute approximate surface area is 160 Å². The van der Waals surface area contributed by atoms with Crippen LogP contribution in [-0.4, -0.2) is 38.9 Å². The average molecular weight is 392 g/mol. The van der Waals surface area contributed by atoms with Gasteiger partial charge in [0.2, 0.25) is 5.91 Å². The molecule has 1 aliphatic rings. The highest BCUT2D eigenvalue weighted by atomic mass is 32.2. The molecule has 9 heteroatoms. The lowest BCUT2D eigenvalue weighted by Gasteiger charge is -2.15. The highest BCUT2D eigenvalue weighted by Gasteiger charge is 2.20. The second-order valence-electron chi connectivity index (χ2n) is 6.79. The van der Waals surface area contributed by atoms with Crippen LogP contribution in [-0.2, 0) is 30.2 Å². The van der Waals surface area contributed by atoms with E-state index in [4.69, 9.17) is 4.74 Å². The molecule has 0 bridgehead atoms. The molecule has 1 amide bonds. The van der Waals surface area contributed by atoms with Crippen LogP contribution in [0, 0.1) is 0 Å². The van der Waals surface area contributed by atoms with Crippen LogP contribution in [0.3, 0.4) is 0 Å². The lowest BCUT2D eigenvalue weighted by molar-refractivity contribution is -0.119. The highest BCUT2D eigenvalue weighted by molar-refractivity contribution is 8.00. The number of nitrogens with one attached hydrogen (secondary N) is 1. The second-order valence-corrected chi connectivity index (χ2v) is 7.77. The predicted molar refractivity (Wildman–Crippen MR) is 104 cm³/mol. The second kappa shape index (κ2) is 8.26. The number of nitrogens with zero attached hydrogens (tertiary/aromatic N) is 3. The van der Waals surface area contributed by atoms with E-state index in [9.17, 15) is 14.4 Å². The molecule has 27 heavy (non-hydrogen) atoms. The fourth-order valence-corrected chi connectivity index (χ4v) is 4.42. The van der Waals surface area contributed by atoms with Crippen molar-refractivity contribution in [2.24, 2.45) is 14.1 Å². The Morgan fingerprint density at radius 1 is 1.30 bits per heavy atom. The number of carbonyl (C=O) groups is 1. The molecule has 2 heterocycles. The lowest BCUT2D eigenvalue weighted by atomic mass is 10.2. The number of fused-ring (bicyclic) bond motifs is 1. The summed E-state index contributed by atoms with van der Waals surface area (Å²) in [5, 5.41) is 3.39. The summed E-state index contributed by atoms with van der Waals surface area (Å²) in [4.78, 5) is 42.2. The minimum atomic E-state index is -0.436. The number of hydrogen-bond acceptors (Lipinski definition) is 6. The first kappa shape index (κ1) is 19.6. The van der Waals surface area contributed by atoms with Gasteiger partial charge in [0, 0.05) is 43.9 Å². The molecule has 146 valence electrons. The number of aromatic nitrogens is 3. The number of methoxy groups -OCH3 is 1. The lowest BCUT2D eigenvalue weighted by Crippen LogP contribution is -2.37. The van der Waals surface area contributed by atoms with Gasteiger partial charge in [-0.2, -0.15) is 0 Å². The Morgan fingerprint density at radius 3 is 2.67 bits per heavy atom. The molecular formula is C18H24N4O4S. The van der Waals surface area contributed by atoms with Crippen LogP contribution >= 0.6 is 11.8 Å². The Kier molecular flexibility index (Phi) is 6.01. The summed E-state index contributed by atoms with van der Waals surface area (Å²) in [6.07, 6.45) is 5.94. The molecule has 0 unspecified atom stereocenters. The van der Waals surface area contributed by atoms with Gasteiger partial charge < -0.3 is 10.1 Å². The zero-order valence-corrected chi connectivity index (χ0v) is 16.6. The first-order valence-electron chi connectivity index (χ1n) is 8.92. The summed E-state index contributed by atoms with van der Waals surface area (Å²) in [7, 11) is 4.58. The number of aryl methyl sites for hydroxylation is 1. The molecule has 8 nitrogen and oxygen atoms in total. The van der Waals surface area contributed by atoms with E-state index in [0.29, 0.717) is 15.9 Å². The summed E-state index contributed by atoms with van der Waals surface area (Å²) in [6, 6.07) is 0.249. The number of hydrogen-bond donors (Lipinski definition) is 1. The zero-order valence-electron chi connectivity index (χ0n) is 15.8. The number of pyridine rings is 1. The number of carbonyl (C=O) groups excluding carboxylic acids is 1. The largest absolute Gasteiger partial charge is 0.380 e. The van der Waals surface area contributed by atoms with Gasteiger partial charge >= 0.3 is 5.69 Å². The molecule has 0 aromatic carbocycles. The molecule has 2 aromatic rings. The van der Waals surface area contributed by atoms with Gasteiger partial charge in [0.05, 0.1) is 17.7 Å². The Bertz CT molecular complexity index is 976. The standard InChI is InChI=1S/C18H24N4O4S/c1-21-16-14(17(24)22(2)18(21)25)15(11(8-19-16)9-26-3)27-10-13(23)20-12-6-4-5-7-12/h8,12H,4-7,9-10H2,1-3H3,(H,20,23). The van der Waals surface area contributed by atoms with Crippen molar-refractivity contribution in [3.8, 4) is 0 Å². The number of amides is 1. The van der Waals surface area contributed by atoms with Crippen molar-refractivity contribution < 1.29 is 9.53 Å². The number of ether oxygens (including phenoxy) is 1. The van der Waals surface area contributed by atoms with Crippen molar-refractivity contribution >= 4 is 28.7 Å². The first-order valence-corrected chi connectivity index (χ1v) is 9.91. The van der Waals surface area contributed by atoms with Gasteiger partial charge in [-0.15, -0.1) is 11.8 Å². The van der Waals surface area contributed by atoms with Gasteiger partial charge in [-0.3, -0.25) is 18.7 Å². The average Bonchev–Trinajstić information content (AvgIpc) is 3.16. The summed E-state index contributed by atoms with van der Waals surface area (Å²) < 4.78 is 7.63. The molecule has 1 fully saturated rings. The van der Waals surface area contributed by atoms with Crippen LogP contribution < -0.4 is 16.6 Å². The third kappa shape index (κ3) is 3.93. The molecule has 0 aliphatic heterocycles. The molecule has 3 rings (SSSR count). The third-order valence-corrected chi connectivity index (χ3v) is 6.02. The predicted octanol–water partition coefficient (Wildman–Crippen LogP) is 0.929.